The Morgan fingerprint density at radius 2 is 1.84 bits per heavy atom. The Balaban J connectivity index is 1.53. The molecule has 4 heteroatoms. The van der Waals surface area contributed by atoms with Crippen molar-refractivity contribution in [3.63, 3.8) is 0 Å². The molecule has 2 N–H and O–H groups in total. The maximum atomic E-state index is 12.3. The monoisotopic (exact) mass is 340 g/mol. The lowest BCUT2D eigenvalue weighted by atomic mass is 9.83. The van der Waals surface area contributed by atoms with Crippen LogP contribution < -0.4 is 11.3 Å². The molecule has 0 spiro atoms. The summed E-state index contributed by atoms with van der Waals surface area (Å²) >= 11 is 0. The molecule has 0 aliphatic heterocycles. The van der Waals surface area contributed by atoms with Crippen molar-refractivity contribution >= 4 is 0 Å². The minimum atomic E-state index is -0.0979. The van der Waals surface area contributed by atoms with E-state index in [9.17, 15) is 4.79 Å². The highest BCUT2D eigenvalue weighted by atomic mass is 16.5. The van der Waals surface area contributed by atoms with Crippen molar-refractivity contribution in [2.45, 2.75) is 50.7 Å². The van der Waals surface area contributed by atoms with Crippen LogP contribution >= 0.6 is 0 Å². The second-order valence-electron chi connectivity index (χ2n) is 7.01. The summed E-state index contributed by atoms with van der Waals surface area (Å²) in [5.41, 5.74) is 8.10. The van der Waals surface area contributed by atoms with E-state index in [2.05, 4.69) is 30.3 Å². The second-order valence-corrected chi connectivity index (χ2v) is 7.01. The van der Waals surface area contributed by atoms with Gasteiger partial charge in [-0.15, -0.1) is 0 Å². The zero-order valence-corrected chi connectivity index (χ0v) is 14.9. The molecule has 4 nitrogen and oxygen atoms in total. The van der Waals surface area contributed by atoms with E-state index in [-0.39, 0.29) is 17.7 Å². The van der Waals surface area contributed by atoms with Gasteiger partial charge in [-0.2, -0.15) is 0 Å². The number of hydrogen-bond acceptors (Lipinski definition) is 3. The normalized spacial score (nSPS) is 21.8. The molecular formula is C21H28N2O2. The van der Waals surface area contributed by atoms with E-state index in [1.165, 1.54) is 5.56 Å². The molecule has 25 heavy (non-hydrogen) atoms. The van der Waals surface area contributed by atoms with Gasteiger partial charge in [0, 0.05) is 18.3 Å². The Labute approximate surface area is 149 Å². The summed E-state index contributed by atoms with van der Waals surface area (Å²) in [5.74, 6) is 0.644. The van der Waals surface area contributed by atoms with E-state index in [0.29, 0.717) is 19.1 Å². The van der Waals surface area contributed by atoms with Gasteiger partial charge in [-0.3, -0.25) is 4.79 Å². The van der Waals surface area contributed by atoms with Crippen molar-refractivity contribution in [3.05, 3.63) is 70.1 Å². The van der Waals surface area contributed by atoms with Crippen molar-refractivity contribution in [2.75, 3.05) is 13.2 Å². The van der Waals surface area contributed by atoms with Gasteiger partial charge in [-0.1, -0.05) is 36.4 Å². The number of hydrogen-bond donors (Lipinski definition) is 1. The lowest BCUT2D eigenvalue weighted by molar-refractivity contribution is 0.00784. The lowest BCUT2D eigenvalue weighted by Crippen LogP contribution is -2.34. The molecule has 0 radical (unpaired) electrons. The third kappa shape index (κ3) is 4.39. The number of rotatable bonds is 6. The molecule has 134 valence electrons. The summed E-state index contributed by atoms with van der Waals surface area (Å²) < 4.78 is 7.84. The Morgan fingerprint density at radius 3 is 2.52 bits per heavy atom. The van der Waals surface area contributed by atoms with Gasteiger partial charge in [0.15, 0.2) is 0 Å². The Bertz CT molecular complexity index is 718. The van der Waals surface area contributed by atoms with E-state index in [1.807, 2.05) is 25.3 Å². The summed E-state index contributed by atoms with van der Waals surface area (Å²) in [6, 6.07) is 14.4. The van der Waals surface area contributed by atoms with Crippen LogP contribution in [0.15, 0.2) is 53.5 Å². The van der Waals surface area contributed by atoms with Crippen molar-refractivity contribution in [2.24, 2.45) is 5.73 Å². The maximum absolute atomic E-state index is 12.3. The number of aromatic nitrogens is 1. The van der Waals surface area contributed by atoms with Crippen LogP contribution in [0.5, 0.6) is 0 Å². The van der Waals surface area contributed by atoms with Crippen LogP contribution in [0.3, 0.4) is 0 Å². The van der Waals surface area contributed by atoms with Crippen LogP contribution in [0.4, 0.5) is 0 Å². The van der Waals surface area contributed by atoms with E-state index in [1.54, 1.807) is 4.57 Å². The summed E-state index contributed by atoms with van der Waals surface area (Å²) in [7, 11) is 0. The first-order valence-electron chi connectivity index (χ1n) is 9.23. The first-order valence-corrected chi connectivity index (χ1v) is 9.23. The van der Waals surface area contributed by atoms with Crippen LogP contribution in [0.25, 0.3) is 0 Å². The number of nitrogens with two attached hydrogens (primary N) is 1. The maximum Gasteiger partial charge on any atom is 0.253 e. The molecule has 1 aromatic heterocycles. The van der Waals surface area contributed by atoms with Crippen molar-refractivity contribution < 1.29 is 4.74 Å². The number of pyridine rings is 1. The van der Waals surface area contributed by atoms with E-state index < -0.39 is 0 Å². The summed E-state index contributed by atoms with van der Waals surface area (Å²) in [6.45, 7) is 2.74. The molecule has 1 fully saturated rings. The molecule has 1 unspecified atom stereocenters. The first kappa shape index (κ1) is 17.9. The van der Waals surface area contributed by atoms with Gasteiger partial charge in [0.25, 0.3) is 5.56 Å². The van der Waals surface area contributed by atoms with Crippen molar-refractivity contribution in [1.29, 1.82) is 0 Å². The van der Waals surface area contributed by atoms with Gasteiger partial charge in [-0.05, 0) is 50.2 Å². The Morgan fingerprint density at radius 1 is 1.12 bits per heavy atom. The van der Waals surface area contributed by atoms with Crippen LogP contribution in [0.2, 0.25) is 0 Å². The van der Waals surface area contributed by atoms with Gasteiger partial charge in [-0.25, -0.2) is 0 Å². The van der Waals surface area contributed by atoms with Crippen LogP contribution in [-0.4, -0.2) is 23.8 Å². The van der Waals surface area contributed by atoms with Gasteiger partial charge < -0.3 is 15.0 Å². The molecule has 3 rings (SSSR count). The van der Waals surface area contributed by atoms with E-state index in [4.69, 9.17) is 10.5 Å². The molecule has 1 saturated carbocycles. The largest absolute Gasteiger partial charge is 0.376 e. The molecule has 2 aromatic rings. The molecule has 1 aliphatic rings. The zero-order chi connectivity index (χ0) is 17.6. The molecule has 1 atom stereocenters. The fraction of sp³-hybridized carbons (Fsp3) is 0.476. The van der Waals surface area contributed by atoms with Gasteiger partial charge >= 0.3 is 0 Å². The van der Waals surface area contributed by atoms with Crippen LogP contribution in [0.1, 0.15) is 48.8 Å². The summed E-state index contributed by atoms with van der Waals surface area (Å²) in [4.78, 5) is 12.3. The lowest BCUT2D eigenvalue weighted by Gasteiger charge is -2.30. The van der Waals surface area contributed by atoms with Gasteiger partial charge in [0.05, 0.1) is 18.8 Å². The number of nitrogens with zero attached hydrogens (tertiary/aromatic N) is 1. The third-order valence-electron chi connectivity index (χ3n) is 5.30. The Kier molecular flexibility index (Phi) is 6.05. The van der Waals surface area contributed by atoms with Crippen molar-refractivity contribution in [3.8, 4) is 0 Å². The standard InChI is InChI=1S/C21H28N2O2/c1-16-6-5-13-23(21(16)24)19(14-22)15-25-20-11-9-18(10-12-20)17-7-3-2-4-8-17/h2-8,13,18-20H,9-12,14-15,22H2,1H3/t18-,19?,20+. The molecule has 1 aliphatic carbocycles. The fourth-order valence-corrected chi connectivity index (χ4v) is 3.71. The highest BCUT2D eigenvalue weighted by Crippen LogP contribution is 2.34. The molecule has 0 bridgehead atoms. The zero-order valence-electron chi connectivity index (χ0n) is 14.9. The molecule has 1 heterocycles. The highest BCUT2D eigenvalue weighted by molar-refractivity contribution is 5.19. The average molecular weight is 340 g/mol. The molecule has 1 aromatic carbocycles. The molecule has 0 saturated heterocycles. The quantitative estimate of drug-likeness (QED) is 0.877. The van der Waals surface area contributed by atoms with Crippen LogP contribution in [-0.2, 0) is 4.74 Å². The number of ether oxygens (including phenoxy) is 1. The molecule has 0 amide bonds. The minimum absolute atomic E-state index is 0.0225. The number of aryl methyl sites for hydroxylation is 1. The fourth-order valence-electron chi connectivity index (χ4n) is 3.71. The van der Waals surface area contributed by atoms with Gasteiger partial charge in [0.1, 0.15) is 0 Å². The number of benzene rings is 1. The summed E-state index contributed by atoms with van der Waals surface area (Å²) in [5, 5.41) is 0. The Hall–Kier alpha value is -1.91. The molecular weight excluding hydrogens is 312 g/mol. The minimum Gasteiger partial charge on any atom is -0.376 e. The smallest absolute Gasteiger partial charge is 0.253 e. The SMILES string of the molecule is Cc1cccn(C(CN)CO[C@H]2CC[C@@H](c3ccccc3)CC2)c1=O. The second kappa shape index (κ2) is 8.45. The average Bonchev–Trinajstić information content (AvgIpc) is 2.66. The van der Waals surface area contributed by atoms with E-state index in [0.717, 1.165) is 31.2 Å². The summed E-state index contributed by atoms with van der Waals surface area (Å²) in [6.07, 6.45) is 6.54. The predicted octanol–water partition coefficient (Wildman–Crippen LogP) is 3.40. The topological polar surface area (TPSA) is 57.2 Å². The third-order valence-corrected chi connectivity index (χ3v) is 5.30. The highest BCUT2D eigenvalue weighted by Gasteiger charge is 2.23. The van der Waals surface area contributed by atoms with Gasteiger partial charge in [0.2, 0.25) is 0 Å². The van der Waals surface area contributed by atoms with E-state index >= 15 is 0 Å². The first-order chi connectivity index (χ1) is 12.2. The predicted molar refractivity (Wildman–Crippen MR) is 101 cm³/mol. The van der Waals surface area contributed by atoms with Crippen molar-refractivity contribution in [1.82, 2.24) is 4.57 Å². The van der Waals surface area contributed by atoms with Crippen LogP contribution in [0, 0.1) is 6.92 Å².